The third kappa shape index (κ3) is 6.84. The lowest BCUT2D eigenvalue weighted by atomic mass is 10.1. The average Bonchev–Trinajstić information content (AvgIpc) is 3.20. The number of rotatable bonds is 5. The van der Waals surface area contributed by atoms with E-state index in [1.807, 2.05) is 23.9 Å². The number of likely N-dealkylation sites (N-methyl/N-ethyl adjacent to an activating group) is 1. The van der Waals surface area contributed by atoms with Crippen LogP contribution in [0.15, 0.2) is 64.4 Å². The molecule has 2 N–H and O–H groups in total. The Bertz CT molecular complexity index is 956. The van der Waals surface area contributed by atoms with Gasteiger partial charge in [0.05, 0.1) is 0 Å². The van der Waals surface area contributed by atoms with E-state index in [1.54, 1.807) is 11.1 Å². The van der Waals surface area contributed by atoms with Gasteiger partial charge in [-0.25, -0.2) is 9.59 Å². The third-order valence-electron chi connectivity index (χ3n) is 5.58. The van der Waals surface area contributed by atoms with Crippen LogP contribution >= 0.6 is 23.4 Å². The molecule has 2 aromatic carbocycles. The number of hydrogen-bond acceptors (Lipinski definition) is 5. The molecule has 0 radical (unpaired) electrons. The van der Waals surface area contributed by atoms with Crippen molar-refractivity contribution in [1.29, 1.82) is 0 Å². The second-order valence-electron chi connectivity index (χ2n) is 7.78. The van der Waals surface area contributed by atoms with E-state index in [9.17, 15) is 9.59 Å². The summed E-state index contributed by atoms with van der Waals surface area (Å²) in [6.07, 6.45) is 3.57. The van der Waals surface area contributed by atoms with Crippen molar-refractivity contribution in [2.24, 2.45) is 0 Å². The molecular weight excluding hydrogens is 448 g/mol. The fraction of sp³-hybridized carbons (Fsp3) is 0.333. The Balaban J connectivity index is 0.000000312. The summed E-state index contributed by atoms with van der Waals surface area (Å²) in [5.74, 6) is -2.51. The number of piperazine rings is 1. The lowest BCUT2D eigenvalue weighted by Gasteiger charge is -2.36. The highest BCUT2D eigenvalue weighted by Gasteiger charge is 2.30. The molecule has 4 rings (SSSR count). The minimum atomic E-state index is -1.26. The maximum Gasteiger partial charge on any atom is 0.328 e. The number of carboxylic acids is 2. The van der Waals surface area contributed by atoms with Crippen LogP contribution in [0.1, 0.15) is 23.6 Å². The maximum absolute atomic E-state index is 9.55. The summed E-state index contributed by atoms with van der Waals surface area (Å²) in [6, 6.07) is 15.6. The molecule has 1 fully saturated rings. The van der Waals surface area contributed by atoms with E-state index in [4.69, 9.17) is 21.8 Å². The number of hydrogen-bond donors (Lipinski definition) is 2. The number of halogens is 1. The van der Waals surface area contributed by atoms with E-state index in [0.29, 0.717) is 18.2 Å². The molecule has 8 heteroatoms. The molecule has 2 aromatic rings. The highest BCUT2D eigenvalue weighted by Crippen LogP contribution is 2.42. The van der Waals surface area contributed by atoms with Gasteiger partial charge in [0.15, 0.2) is 0 Å². The first-order valence-corrected chi connectivity index (χ1v) is 11.6. The molecule has 1 unspecified atom stereocenters. The van der Waals surface area contributed by atoms with Gasteiger partial charge >= 0.3 is 11.9 Å². The summed E-state index contributed by atoms with van der Waals surface area (Å²) in [5.41, 5.74) is 3.11. The van der Waals surface area contributed by atoms with Crippen LogP contribution in [0.25, 0.3) is 0 Å². The quantitative estimate of drug-likeness (QED) is 0.620. The number of aliphatic carboxylic acids is 2. The Morgan fingerprint density at radius 2 is 1.62 bits per heavy atom. The van der Waals surface area contributed by atoms with Gasteiger partial charge in [-0.3, -0.25) is 4.90 Å². The Morgan fingerprint density at radius 1 is 1.00 bits per heavy atom. The molecule has 1 atom stereocenters. The summed E-state index contributed by atoms with van der Waals surface area (Å²) < 4.78 is 0. The lowest BCUT2D eigenvalue weighted by Crippen LogP contribution is -2.45. The SMILES string of the molecule is CN1CCN(C2CCc3c(Sc4ccc(Cl)cc4)cccc32)CC1.O=C(O)/C=C\C(=O)O. The topological polar surface area (TPSA) is 81.1 Å². The number of carboxylic acid groups (broad SMARTS) is 2. The minimum absolute atomic E-state index is 0.558. The van der Waals surface area contributed by atoms with Gasteiger partial charge in [0, 0.05) is 59.2 Å². The van der Waals surface area contributed by atoms with Gasteiger partial charge in [0.1, 0.15) is 0 Å². The lowest BCUT2D eigenvalue weighted by molar-refractivity contribution is -0.134. The van der Waals surface area contributed by atoms with Crippen LogP contribution in [0.2, 0.25) is 5.02 Å². The maximum atomic E-state index is 9.55. The predicted molar refractivity (Wildman–Crippen MR) is 127 cm³/mol. The van der Waals surface area contributed by atoms with E-state index in [2.05, 4.69) is 47.2 Å². The van der Waals surface area contributed by atoms with Gasteiger partial charge in [-0.1, -0.05) is 35.5 Å². The van der Waals surface area contributed by atoms with E-state index in [-0.39, 0.29) is 0 Å². The first-order chi connectivity index (χ1) is 15.3. The van der Waals surface area contributed by atoms with E-state index >= 15 is 0 Å². The van der Waals surface area contributed by atoms with Crippen LogP contribution in [0.5, 0.6) is 0 Å². The van der Waals surface area contributed by atoms with Crippen molar-refractivity contribution in [3.63, 3.8) is 0 Å². The normalized spacial score (nSPS) is 18.8. The minimum Gasteiger partial charge on any atom is -0.478 e. The molecule has 1 heterocycles. The molecule has 0 bridgehead atoms. The number of nitrogens with zero attached hydrogens (tertiary/aromatic N) is 2. The van der Waals surface area contributed by atoms with Gasteiger partial charge in [0.2, 0.25) is 0 Å². The van der Waals surface area contributed by atoms with Crippen molar-refractivity contribution in [2.75, 3.05) is 33.2 Å². The van der Waals surface area contributed by atoms with E-state index in [0.717, 1.165) is 5.02 Å². The highest BCUT2D eigenvalue weighted by molar-refractivity contribution is 7.99. The molecule has 0 spiro atoms. The van der Waals surface area contributed by atoms with Crippen LogP contribution in [-0.2, 0) is 16.0 Å². The van der Waals surface area contributed by atoms with Crippen LogP contribution in [0.3, 0.4) is 0 Å². The molecule has 0 aromatic heterocycles. The molecule has 0 amide bonds. The molecule has 1 aliphatic carbocycles. The molecule has 32 heavy (non-hydrogen) atoms. The first kappa shape index (κ1) is 24.3. The Morgan fingerprint density at radius 3 is 2.22 bits per heavy atom. The molecule has 2 aliphatic rings. The number of carbonyl (C=O) groups is 2. The monoisotopic (exact) mass is 474 g/mol. The van der Waals surface area contributed by atoms with Crippen molar-refractivity contribution in [3.8, 4) is 0 Å². The summed E-state index contributed by atoms with van der Waals surface area (Å²) in [5, 5.41) is 16.4. The first-order valence-electron chi connectivity index (χ1n) is 10.4. The Hall–Kier alpha value is -2.32. The molecule has 6 nitrogen and oxygen atoms in total. The van der Waals surface area contributed by atoms with Crippen LogP contribution < -0.4 is 0 Å². The smallest absolute Gasteiger partial charge is 0.328 e. The van der Waals surface area contributed by atoms with Gasteiger partial charge in [0.25, 0.3) is 0 Å². The average molecular weight is 475 g/mol. The third-order valence-corrected chi connectivity index (χ3v) is 6.95. The van der Waals surface area contributed by atoms with Gasteiger partial charge in [-0.2, -0.15) is 0 Å². The standard InChI is InChI=1S/C20H23ClN2S.C4H4O4/c1-22-11-13-23(14-12-22)19-10-9-18-17(19)3-2-4-20(18)24-16-7-5-15(21)6-8-16;5-3(6)1-2-4(7)8/h2-8,19H,9-14H2,1H3;1-2H,(H,5,6)(H,7,8)/b;2-1-. The van der Waals surface area contributed by atoms with Gasteiger partial charge < -0.3 is 15.1 Å². The largest absolute Gasteiger partial charge is 0.478 e. The summed E-state index contributed by atoms with van der Waals surface area (Å²) in [4.78, 5) is 26.9. The predicted octanol–water partition coefficient (Wildman–Crippen LogP) is 4.44. The number of fused-ring (bicyclic) bond motifs is 1. The molecule has 0 saturated carbocycles. The van der Waals surface area contributed by atoms with Crippen molar-refractivity contribution >= 4 is 35.3 Å². The Labute approximate surface area is 197 Å². The molecule has 1 aliphatic heterocycles. The molecular formula is C24H27ClN2O4S. The van der Waals surface area contributed by atoms with Crippen molar-refractivity contribution in [3.05, 3.63) is 70.8 Å². The summed E-state index contributed by atoms with van der Waals surface area (Å²) in [6.45, 7) is 4.75. The van der Waals surface area contributed by atoms with Crippen molar-refractivity contribution < 1.29 is 19.8 Å². The van der Waals surface area contributed by atoms with Crippen LogP contribution in [0.4, 0.5) is 0 Å². The molecule has 1 saturated heterocycles. The zero-order chi connectivity index (χ0) is 23.1. The van der Waals surface area contributed by atoms with E-state index in [1.165, 1.54) is 48.8 Å². The Kier molecular flexibility index (Phi) is 8.75. The molecule has 170 valence electrons. The van der Waals surface area contributed by atoms with Crippen molar-refractivity contribution in [1.82, 2.24) is 9.80 Å². The zero-order valence-electron chi connectivity index (χ0n) is 17.9. The van der Waals surface area contributed by atoms with E-state index < -0.39 is 11.9 Å². The fourth-order valence-corrected chi connectivity index (χ4v) is 5.12. The van der Waals surface area contributed by atoms with Crippen LogP contribution in [-0.4, -0.2) is 65.2 Å². The van der Waals surface area contributed by atoms with Gasteiger partial charge in [-0.05, 0) is 61.3 Å². The van der Waals surface area contributed by atoms with Crippen molar-refractivity contribution in [2.45, 2.75) is 28.7 Å². The number of benzene rings is 2. The highest BCUT2D eigenvalue weighted by atomic mass is 35.5. The van der Waals surface area contributed by atoms with Crippen LogP contribution in [0, 0.1) is 0 Å². The fourth-order valence-electron chi connectivity index (χ4n) is 3.98. The zero-order valence-corrected chi connectivity index (χ0v) is 19.5. The second-order valence-corrected chi connectivity index (χ2v) is 9.34. The summed E-state index contributed by atoms with van der Waals surface area (Å²) >= 11 is 7.87. The second kappa shape index (κ2) is 11.5. The van der Waals surface area contributed by atoms with Gasteiger partial charge in [-0.15, -0.1) is 0 Å². The summed E-state index contributed by atoms with van der Waals surface area (Å²) in [7, 11) is 2.22.